The van der Waals surface area contributed by atoms with Crippen LogP contribution in [-0.2, 0) is 9.53 Å². The van der Waals surface area contributed by atoms with Gasteiger partial charge in [-0.2, -0.15) is 0 Å². The summed E-state index contributed by atoms with van der Waals surface area (Å²) in [5.74, 6) is 2.81. The van der Waals surface area contributed by atoms with Gasteiger partial charge in [-0.15, -0.1) is 0 Å². The minimum atomic E-state index is -0.204. The highest BCUT2D eigenvalue weighted by Crippen LogP contribution is 2.21. The van der Waals surface area contributed by atoms with Crippen LogP contribution >= 0.6 is 0 Å². The lowest BCUT2D eigenvalue weighted by Gasteiger charge is -2.37. The summed E-state index contributed by atoms with van der Waals surface area (Å²) in [4.78, 5) is 23.8. The van der Waals surface area contributed by atoms with E-state index in [4.69, 9.17) is 4.74 Å². The van der Waals surface area contributed by atoms with Gasteiger partial charge >= 0.3 is 0 Å². The van der Waals surface area contributed by atoms with Gasteiger partial charge in [0.2, 0.25) is 0 Å². The molecule has 1 amide bonds. The molecule has 3 aliphatic rings. The van der Waals surface area contributed by atoms with Crippen molar-refractivity contribution in [2.45, 2.75) is 52.1 Å². The van der Waals surface area contributed by atoms with Gasteiger partial charge in [0.25, 0.3) is 5.91 Å². The highest BCUT2D eigenvalue weighted by Gasteiger charge is 2.30. The zero-order chi connectivity index (χ0) is 20.6. The molecular weight excluding hydrogens is 366 g/mol. The molecule has 3 aliphatic heterocycles. The van der Waals surface area contributed by atoms with Crippen LogP contribution in [0.2, 0.25) is 0 Å². The SMILES string of the molecule is CN=C(NCCCCN1CC(C)CC(C)C1)N1CCN(C(=O)C2CCCO2)CC1. The summed E-state index contributed by atoms with van der Waals surface area (Å²) < 4.78 is 5.55. The van der Waals surface area contributed by atoms with E-state index >= 15 is 0 Å². The molecule has 3 heterocycles. The fourth-order valence-electron chi connectivity index (χ4n) is 5.08. The van der Waals surface area contributed by atoms with E-state index in [2.05, 4.69) is 34.0 Å². The number of piperazine rings is 1. The molecule has 0 aliphatic carbocycles. The third kappa shape index (κ3) is 6.57. The van der Waals surface area contributed by atoms with Crippen LogP contribution in [0.4, 0.5) is 0 Å². The average Bonchev–Trinajstić information content (AvgIpc) is 3.24. The molecule has 0 aromatic carbocycles. The second-order valence-corrected chi connectivity index (χ2v) is 9.20. The van der Waals surface area contributed by atoms with Gasteiger partial charge in [0.1, 0.15) is 6.10 Å². The second kappa shape index (κ2) is 11.2. The van der Waals surface area contributed by atoms with E-state index in [9.17, 15) is 4.79 Å². The normalized spacial score (nSPS) is 29.3. The summed E-state index contributed by atoms with van der Waals surface area (Å²) in [5, 5.41) is 3.52. The van der Waals surface area contributed by atoms with E-state index in [1.54, 1.807) is 0 Å². The van der Waals surface area contributed by atoms with Crippen molar-refractivity contribution >= 4 is 11.9 Å². The average molecular weight is 408 g/mol. The summed E-state index contributed by atoms with van der Waals surface area (Å²) in [5.41, 5.74) is 0. The molecule has 3 fully saturated rings. The van der Waals surface area contributed by atoms with Gasteiger partial charge in [-0.25, -0.2) is 0 Å². The number of hydrogen-bond donors (Lipinski definition) is 1. The van der Waals surface area contributed by atoms with Crippen LogP contribution in [0.5, 0.6) is 0 Å². The first-order chi connectivity index (χ1) is 14.1. The van der Waals surface area contributed by atoms with Gasteiger partial charge in [-0.1, -0.05) is 13.8 Å². The molecule has 0 bridgehead atoms. The van der Waals surface area contributed by atoms with Crippen LogP contribution in [-0.4, -0.2) is 98.7 Å². The topological polar surface area (TPSA) is 60.4 Å². The van der Waals surface area contributed by atoms with Crippen molar-refractivity contribution in [3.8, 4) is 0 Å². The summed E-state index contributed by atoms with van der Waals surface area (Å²) in [6, 6.07) is 0. The van der Waals surface area contributed by atoms with E-state index in [-0.39, 0.29) is 12.0 Å². The molecule has 7 heteroatoms. The lowest BCUT2D eigenvalue weighted by molar-refractivity contribution is -0.142. The maximum absolute atomic E-state index is 12.5. The highest BCUT2D eigenvalue weighted by atomic mass is 16.5. The van der Waals surface area contributed by atoms with Crippen molar-refractivity contribution in [2.24, 2.45) is 16.8 Å². The van der Waals surface area contributed by atoms with Gasteiger partial charge in [0.15, 0.2) is 5.96 Å². The van der Waals surface area contributed by atoms with Gasteiger partial charge in [-0.3, -0.25) is 9.79 Å². The van der Waals surface area contributed by atoms with Crippen molar-refractivity contribution in [1.29, 1.82) is 0 Å². The Labute approximate surface area is 176 Å². The highest BCUT2D eigenvalue weighted by molar-refractivity contribution is 5.82. The van der Waals surface area contributed by atoms with Crippen LogP contribution in [0.1, 0.15) is 46.0 Å². The molecule has 166 valence electrons. The Morgan fingerprint density at radius 1 is 1.07 bits per heavy atom. The summed E-state index contributed by atoms with van der Waals surface area (Å²) in [7, 11) is 1.85. The molecule has 3 atom stereocenters. The second-order valence-electron chi connectivity index (χ2n) is 9.20. The number of carbonyl (C=O) groups is 1. The quantitative estimate of drug-likeness (QED) is 0.412. The number of guanidine groups is 1. The van der Waals surface area contributed by atoms with E-state index in [0.717, 1.165) is 76.4 Å². The minimum absolute atomic E-state index is 0.173. The number of aliphatic imine (C=N–C) groups is 1. The Balaban J connectivity index is 1.31. The lowest BCUT2D eigenvalue weighted by Crippen LogP contribution is -2.55. The first kappa shape index (κ1) is 22.3. The number of hydrogen-bond acceptors (Lipinski definition) is 4. The van der Waals surface area contributed by atoms with Crippen LogP contribution in [0.15, 0.2) is 4.99 Å². The number of piperidine rings is 1. The Kier molecular flexibility index (Phi) is 8.60. The summed E-state index contributed by atoms with van der Waals surface area (Å²) >= 11 is 0. The van der Waals surface area contributed by atoms with Gasteiger partial charge in [0.05, 0.1) is 0 Å². The van der Waals surface area contributed by atoms with E-state index < -0.39 is 0 Å². The first-order valence-corrected chi connectivity index (χ1v) is 11.6. The zero-order valence-electron chi connectivity index (χ0n) is 18.7. The Bertz CT molecular complexity index is 531. The maximum atomic E-state index is 12.5. The summed E-state index contributed by atoms with van der Waals surface area (Å²) in [6.45, 7) is 13.3. The molecule has 3 saturated heterocycles. The van der Waals surface area contributed by atoms with Crippen molar-refractivity contribution in [2.75, 3.05) is 66.0 Å². The fourth-order valence-corrected chi connectivity index (χ4v) is 5.08. The Morgan fingerprint density at radius 3 is 2.38 bits per heavy atom. The molecule has 0 aromatic rings. The van der Waals surface area contributed by atoms with Gasteiger partial charge in [0, 0.05) is 59.5 Å². The van der Waals surface area contributed by atoms with E-state index in [1.165, 1.54) is 32.5 Å². The molecule has 0 spiro atoms. The minimum Gasteiger partial charge on any atom is -0.368 e. The number of likely N-dealkylation sites (tertiary alicyclic amines) is 1. The number of amides is 1. The van der Waals surface area contributed by atoms with Crippen molar-refractivity contribution in [1.82, 2.24) is 20.0 Å². The third-order valence-corrected chi connectivity index (χ3v) is 6.44. The van der Waals surface area contributed by atoms with Crippen molar-refractivity contribution < 1.29 is 9.53 Å². The number of nitrogens with zero attached hydrogens (tertiary/aromatic N) is 4. The van der Waals surface area contributed by atoms with Gasteiger partial charge in [-0.05, 0) is 50.5 Å². The van der Waals surface area contributed by atoms with Crippen LogP contribution in [0.25, 0.3) is 0 Å². The van der Waals surface area contributed by atoms with Gasteiger partial charge < -0.3 is 24.8 Å². The maximum Gasteiger partial charge on any atom is 0.251 e. The van der Waals surface area contributed by atoms with Crippen LogP contribution < -0.4 is 5.32 Å². The first-order valence-electron chi connectivity index (χ1n) is 11.6. The Morgan fingerprint density at radius 2 is 1.76 bits per heavy atom. The number of nitrogens with one attached hydrogen (secondary N) is 1. The molecular formula is C22H41N5O2. The standard InChI is InChI=1S/C22H41N5O2/c1-18-15-19(2)17-25(16-18)9-5-4-8-24-22(23-3)27-12-10-26(11-13-27)21(28)20-7-6-14-29-20/h18-20H,4-17H2,1-3H3,(H,23,24). The largest absolute Gasteiger partial charge is 0.368 e. The molecule has 0 radical (unpaired) electrons. The van der Waals surface area contributed by atoms with E-state index in [1.807, 2.05) is 11.9 Å². The van der Waals surface area contributed by atoms with E-state index in [0.29, 0.717) is 0 Å². The summed E-state index contributed by atoms with van der Waals surface area (Å²) in [6.07, 6.45) is 5.44. The lowest BCUT2D eigenvalue weighted by atomic mass is 9.92. The third-order valence-electron chi connectivity index (χ3n) is 6.44. The molecule has 29 heavy (non-hydrogen) atoms. The monoisotopic (exact) mass is 407 g/mol. The number of unbranched alkanes of at least 4 members (excludes halogenated alkanes) is 1. The fraction of sp³-hybridized carbons (Fsp3) is 0.909. The molecule has 3 unspecified atom stereocenters. The molecule has 3 rings (SSSR count). The number of carbonyl (C=O) groups excluding carboxylic acids is 1. The smallest absolute Gasteiger partial charge is 0.251 e. The predicted molar refractivity (Wildman–Crippen MR) is 117 cm³/mol. The van der Waals surface area contributed by atoms with Crippen LogP contribution in [0, 0.1) is 11.8 Å². The Hall–Kier alpha value is -1.34. The zero-order valence-corrected chi connectivity index (χ0v) is 18.7. The molecule has 1 N–H and O–H groups in total. The van der Waals surface area contributed by atoms with Crippen molar-refractivity contribution in [3.05, 3.63) is 0 Å². The van der Waals surface area contributed by atoms with Crippen LogP contribution in [0.3, 0.4) is 0 Å². The molecule has 0 saturated carbocycles. The molecule has 0 aromatic heterocycles. The number of ether oxygens (including phenoxy) is 1. The molecule has 7 nitrogen and oxygen atoms in total. The predicted octanol–water partition coefficient (Wildman–Crippen LogP) is 1.64. The number of rotatable bonds is 6. The van der Waals surface area contributed by atoms with Crippen molar-refractivity contribution in [3.63, 3.8) is 0 Å².